The highest BCUT2D eigenvalue weighted by Crippen LogP contribution is 2.25. The molecule has 4 heteroatoms. The molecule has 1 aromatic carbocycles. The van der Waals surface area contributed by atoms with Crippen LogP contribution in [0.15, 0.2) is 24.3 Å². The van der Waals surface area contributed by atoms with E-state index >= 15 is 0 Å². The molecule has 1 aliphatic heterocycles. The van der Waals surface area contributed by atoms with E-state index in [-0.39, 0.29) is 10.6 Å². The molecule has 1 saturated heterocycles. The molecule has 0 aliphatic carbocycles. The van der Waals surface area contributed by atoms with Gasteiger partial charge in [-0.2, -0.15) is 0 Å². The second kappa shape index (κ2) is 5.27. The third kappa shape index (κ3) is 2.82. The van der Waals surface area contributed by atoms with Gasteiger partial charge in [0, 0.05) is 18.2 Å². The van der Waals surface area contributed by atoms with E-state index in [2.05, 4.69) is 11.8 Å². The molecule has 0 aromatic heterocycles. The number of piperidine rings is 1. The minimum absolute atomic E-state index is 0.166. The Morgan fingerprint density at radius 2 is 1.76 bits per heavy atom. The van der Waals surface area contributed by atoms with Crippen LogP contribution in [-0.2, 0) is 0 Å². The van der Waals surface area contributed by atoms with Gasteiger partial charge >= 0.3 is 0 Å². The van der Waals surface area contributed by atoms with E-state index in [4.69, 9.17) is 0 Å². The highest BCUT2D eigenvalue weighted by molar-refractivity contribution is 5.34. The van der Waals surface area contributed by atoms with Crippen LogP contribution in [-0.4, -0.2) is 22.9 Å². The van der Waals surface area contributed by atoms with Crippen LogP contribution in [0.1, 0.15) is 37.8 Å². The predicted molar refractivity (Wildman–Crippen MR) is 66.9 cm³/mol. The summed E-state index contributed by atoms with van der Waals surface area (Å²) in [5, 5.41) is 10.6. The summed E-state index contributed by atoms with van der Waals surface area (Å²) in [6, 6.07) is 7.29. The average molecular weight is 234 g/mol. The standard InChI is InChI=1S/C13H18N2O2/c1-11(14-9-3-2-4-10-14)12-5-7-13(8-6-12)15(16)17/h5-8,11H,2-4,9-10H2,1H3. The Bertz CT molecular complexity index is 383. The van der Waals surface area contributed by atoms with Gasteiger partial charge in [0.25, 0.3) is 5.69 Å². The van der Waals surface area contributed by atoms with Crippen molar-refractivity contribution in [1.29, 1.82) is 0 Å². The van der Waals surface area contributed by atoms with Gasteiger partial charge in [-0.25, -0.2) is 0 Å². The molecule has 2 rings (SSSR count). The van der Waals surface area contributed by atoms with Crippen LogP contribution in [0.2, 0.25) is 0 Å². The smallest absolute Gasteiger partial charge is 0.269 e. The van der Waals surface area contributed by atoms with E-state index in [0.29, 0.717) is 6.04 Å². The normalized spacial score (nSPS) is 18.9. The third-order valence-corrected chi connectivity index (χ3v) is 3.52. The highest BCUT2D eigenvalue weighted by Gasteiger charge is 2.18. The Balaban J connectivity index is 2.07. The van der Waals surface area contributed by atoms with Crippen molar-refractivity contribution < 1.29 is 4.92 Å². The van der Waals surface area contributed by atoms with E-state index in [0.717, 1.165) is 18.7 Å². The molecule has 1 aromatic rings. The Hall–Kier alpha value is -1.42. The molecule has 1 unspecified atom stereocenters. The number of nitrogens with zero attached hydrogens (tertiary/aromatic N) is 2. The lowest BCUT2D eigenvalue weighted by atomic mass is 10.0. The molecule has 0 N–H and O–H groups in total. The number of non-ortho nitro benzene ring substituents is 1. The molecule has 0 saturated carbocycles. The maximum absolute atomic E-state index is 10.6. The van der Waals surface area contributed by atoms with Gasteiger partial charge in [-0.05, 0) is 38.4 Å². The van der Waals surface area contributed by atoms with Crippen molar-refractivity contribution >= 4 is 5.69 Å². The highest BCUT2D eigenvalue weighted by atomic mass is 16.6. The van der Waals surface area contributed by atoms with Crippen LogP contribution in [0.4, 0.5) is 5.69 Å². The van der Waals surface area contributed by atoms with Gasteiger partial charge in [-0.3, -0.25) is 15.0 Å². The fourth-order valence-corrected chi connectivity index (χ4v) is 2.39. The summed E-state index contributed by atoms with van der Waals surface area (Å²) in [5.41, 5.74) is 1.33. The predicted octanol–water partition coefficient (Wildman–Crippen LogP) is 3.14. The van der Waals surface area contributed by atoms with Crippen LogP contribution >= 0.6 is 0 Å². The first-order chi connectivity index (χ1) is 8.18. The first-order valence-corrected chi connectivity index (χ1v) is 6.17. The number of benzene rings is 1. The number of rotatable bonds is 3. The minimum atomic E-state index is -0.352. The quantitative estimate of drug-likeness (QED) is 0.596. The number of likely N-dealkylation sites (tertiary alicyclic amines) is 1. The molecule has 0 bridgehead atoms. The monoisotopic (exact) mass is 234 g/mol. The van der Waals surface area contributed by atoms with Crippen molar-refractivity contribution in [3.05, 3.63) is 39.9 Å². The molecular formula is C13H18N2O2. The van der Waals surface area contributed by atoms with Crippen molar-refractivity contribution in [3.63, 3.8) is 0 Å². The number of nitro groups is 1. The maximum Gasteiger partial charge on any atom is 0.269 e. The molecule has 1 fully saturated rings. The minimum Gasteiger partial charge on any atom is -0.297 e. The van der Waals surface area contributed by atoms with Gasteiger partial charge in [0.2, 0.25) is 0 Å². The van der Waals surface area contributed by atoms with E-state index in [1.54, 1.807) is 12.1 Å². The van der Waals surface area contributed by atoms with E-state index in [9.17, 15) is 10.1 Å². The summed E-state index contributed by atoms with van der Waals surface area (Å²) >= 11 is 0. The molecule has 92 valence electrons. The molecular weight excluding hydrogens is 216 g/mol. The summed E-state index contributed by atoms with van der Waals surface area (Å²) in [4.78, 5) is 12.7. The Morgan fingerprint density at radius 3 is 2.29 bits per heavy atom. The van der Waals surface area contributed by atoms with E-state index < -0.39 is 0 Å². The maximum atomic E-state index is 10.6. The lowest BCUT2D eigenvalue weighted by molar-refractivity contribution is -0.384. The largest absolute Gasteiger partial charge is 0.297 e. The Morgan fingerprint density at radius 1 is 1.18 bits per heavy atom. The SMILES string of the molecule is CC(c1ccc([N+](=O)[O-])cc1)N1CCCCC1. The molecule has 0 amide bonds. The second-order valence-corrected chi connectivity index (χ2v) is 4.62. The first kappa shape index (κ1) is 12.0. The van der Waals surface area contributed by atoms with Crippen LogP contribution < -0.4 is 0 Å². The average Bonchev–Trinajstić information content (AvgIpc) is 2.39. The van der Waals surface area contributed by atoms with Crippen molar-refractivity contribution in [2.75, 3.05) is 13.1 Å². The van der Waals surface area contributed by atoms with E-state index in [1.807, 2.05) is 12.1 Å². The van der Waals surface area contributed by atoms with Crippen molar-refractivity contribution in [1.82, 2.24) is 4.90 Å². The molecule has 0 spiro atoms. The summed E-state index contributed by atoms with van der Waals surface area (Å²) in [7, 11) is 0. The summed E-state index contributed by atoms with van der Waals surface area (Å²) in [6.07, 6.45) is 3.85. The lowest BCUT2D eigenvalue weighted by Crippen LogP contribution is -2.32. The van der Waals surface area contributed by atoms with Gasteiger partial charge in [0.1, 0.15) is 0 Å². The van der Waals surface area contributed by atoms with Gasteiger partial charge in [-0.15, -0.1) is 0 Å². The first-order valence-electron chi connectivity index (χ1n) is 6.17. The molecule has 1 atom stereocenters. The summed E-state index contributed by atoms with van der Waals surface area (Å²) in [6.45, 7) is 4.45. The molecule has 4 nitrogen and oxygen atoms in total. The molecule has 0 radical (unpaired) electrons. The van der Waals surface area contributed by atoms with Gasteiger partial charge < -0.3 is 0 Å². The van der Waals surface area contributed by atoms with Gasteiger partial charge in [-0.1, -0.05) is 18.6 Å². The molecule has 17 heavy (non-hydrogen) atoms. The number of hydrogen-bond acceptors (Lipinski definition) is 3. The third-order valence-electron chi connectivity index (χ3n) is 3.52. The fraction of sp³-hybridized carbons (Fsp3) is 0.538. The lowest BCUT2D eigenvalue weighted by Gasteiger charge is -2.32. The van der Waals surface area contributed by atoms with E-state index in [1.165, 1.54) is 19.3 Å². The van der Waals surface area contributed by atoms with Crippen LogP contribution in [0.3, 0.4) is 0 Å². The van der Waals surface area contributed by atoms with Crippen molar-refractivity contribution in [2.45, 2.75) is 32.2 Å². The van der Waals surface area contributed by atoms with Gasteiger partial charge in [0.15, 0.2) is 0 Å². The van der Waals surface area contributed by atoms with Crippen LogP contribution in [0, 0.1) is 10.1 Å². The Kier molecular flexibility index (Phi) is 3.74. The second-order valence-electron chi connectivity index (χ2n) is 4.62. The zero-order valence-electron chi connectivity index (χ0n) is 10.1. The zero-order valence-corrected chi connectivity index (χ0v) is 10.1. The topological polar surface area (TPSA) is 46.4 Å². The van der Waals surface area contributed by atoms with Crippen LogP contribution in [0.25, 0.3) is 0 Å². The van der Waals surface area contributed by atoms with Crippen molar-refractivity contribution in [3.8, 4) is 0 Å². The summed E-state index contributed by atoms with van der Waals surface area (Å²) in [5.74, 6) is 0. The molecule has 1 heterocycles. The van der Waals surface area contributed by atoms with Gasteiger partial charge in [0.05, 0.1) is 4.92 Å². The summed E-state index contributed by atoms with van der Waals surface area (Å²) < 4.78 is 0. The van der Waals surface area contributed by atoms with Crippen molar-refractivity contribution in [2.24, 2.45) is 0 Å². The zero-order chi connectivity index (χ0) is 12.3. The molecule has 1 aliphatic rings. The Labute approximate surface area is 101 Å². The number of hydrogen-bond donors (Lipinski definition) is 0. The number of nitro benzene ring substituents is 1. The fourth-order valence-electron chi connectivity index (χ4n) is 2.39. The van der Waals surface area contributed by atoms with Crippen LogP contribution in [0.5, 0.6) is 0 Å².